The Morgan fingerprint density at radius 1 is 1.10 bits per heavy atom. The summed E-state index contributed by atoms with van der Waals surface area (Å²) in [7, 11) is 1.50. The van der Waals surface area contributed by atoms with Crippen molar-refractivity contribution >= 4 is 23.4 Å². The Morgan fingerprint density at radius 2 is 1.80 bits per heavy atom. The Bertz CT molecular complexity index is 1050. The van der Waals surface area contributed by atoms with Crippen molar-refractivity contribution in [2.45, 2.75) is 0 Å². The third-order valence-electron chi connectivity index (χ3n) is 4.25. The van der Waals surface area contributed by atoms with E-state index in [-0.39, 0.29) is 30.5 Å². The molecule has 0 saturated heterocycles. The summed E-state index contributed by atoms with van der Waals surface area (Å²) in [6.45, 7) is 0.211. The Labute approximate surface area is 176 Å². The fraction of sp³-hybridized carbons (Fsp3) is 0.190. The quantitative estimate of drug-likeness (QED) is 0.571. The summed E-state index contributed by atoms with van der Waals surface area (Å²) in [6.07, 6.45) is 0. The lowest BCUT2D eigenvalue weighted by atomic mass is 10.1. The highest BCUT2D eigenvalue weighted by atomic mass is 35.5. The number of hydrogen-bond donors (Lipinski definition) is 1. The molecule has 0 aliphatic rings. The summed E-state index contributed by atoms with van der Waals surface area (Å²) in [5.41, 5.74) is 1.39. The van der Waals surface area contributed by atoms with E-state index in [4.69, 9.17) is 16.3 Å². The zero-order valence-corrected chi connectivity index (χ0v) is 16.7. The standard InChI is InChI=1S/C21H18ClF2N3O3/c1-30-9-8-27(12-20(28)29)19-11-18(13-2-5-15(23)6-3-13)25-21(26-19)14-4-7-16(22)17(24)10-14/h2-7,10-11H,8-9,12H2,1H3,(H,28,29). The average molecular weight is 434 g/mol. The summed E-state index contributed by atoms with van der Waals surface area (Å²) in [5, 5.41) is 9.24. The number of nitrogens with zero attached hydrogens (tertiary/aromatic N) is 3. The van der Waals surface area contributed by atoms with Crippen molar-refractivity contribution in [2.75, 3.05) is 31.7 Å². The van der Waals surface area contributed by atoms with Gasteiger partial charge in [-0.15, -0.1) is 0 Å². The zero-order chi connectivity index (χ0) is 21.7. The number of halogens is 3. The van der Waals surface area contributed by atoms with Crippen LogP contribution in [0.2, 0.25) is 5.02 Å². The van der Waals surface area contributed by atoms with Gasteiger partial charge < -0.3 is 14.7 Å². The van der Waals surface area contributed by atoms with Crippen LogP contribution in [0, 0.1) is 11.6 Å². The average Bonchev–Trinajstić information content (AvgIpc) is 2.73. The maximum atomic E-state index is 14.0. The van der Waals surface area contributed by atoms with Crippen LogP contribution in [0.3, 0.4) is 0 Å². The largest absolute Gasteiger partial charge is 0.480 e. The second kappa shape index (κ2) is 9.60. The van der Waals surface area contributed by atoms with Gasteiger partial charge in [-0.3, -0.25) is 4.79 Å². The molecule has 0 radical (unpaired) electrons. The van der Waals surface area contributed by atoms with Crippen molar-refractivity contribution in [3.05, 3.63) is 65.2 Å². The predicted octanol–water partition coefficient (Wildman–Crippen LogP) is 4.28. The lowest BCUT2D eigenvalue weighted by molar-refractivity contribution is -0.135. The second-order valence-electron chi connectivity index (χ2n) is 6.38. The Balaban J connectivity index is 2.14. The van der Waals surface area contributed by atoms with Crippen molar-refractivity contribution in [1.82, 2.24) is 9.97 Å². The Hall–Kier alpha value is -3.10. The van der Waals surface area contributed by atoms with Crippen LogP contribution >= 0.6 is 11.6 Å². The molecule has 3 aromatic rings. The minimum absolute atomic E-state index is 0.0405. The van der Waals surface area contributed by atoms with E-state index in [0.29, 0.717) is 22.6 Å². The second-order valence-corrected chi connectivity index (χ2v) is 6.79. The first kappa shape index (κ1) is 21.6. The van der Waals surface area contributed by atoms with E-state index in [0.717, 1.165) is 0 Å². The summed E-state index contributed by atoms with van der Waals surface area (Å²) in [4.78, 5) is 21.8. The minimum Gasteiger partial charge on any atom is -0.480 e. The molecular formula is C21H18ClF2N3O3. The number of carboxylic acids is 1. The molecule has 0 spiro atoms. The molecule has 30 heavy (non-hydrogen) atoms. The van der Waals surface area contributed by atoms with Crippen molar-refractivity contribution in [2.24, 2.45) is 0 Å². The van der Waals surface area contributed by atoms with E-state index < -0.39 is 17.6 Å². The lowest BCUT2D eigenvalue weighted by Gasteiger charge is -2.22. The molecule has 1 heterocycles. The predicted molar refractivity (Wildman–Crippen MR) is 110 cm³/mol. The lowest BCUT2D eigenvalue weighted by Crippen LogP contribution is -2.33. The fourth-order valence-electron chi connectivity index (χ4n) is 2.77. The van der Waals surface area contributed by atoms with Crippen LogP contribution in [-0.2, 0) is 9.53 Å². The molecule has 1 N–H and O–H groups in total. The van der Waals surface area contributed by atoms with Crippen LogP contribution < -0.4 is 4.90 Å². The number of carboxylic acid groups (broad SMARTS) is 1. The maximum Gasteiger partial charge on any atom is 0.323 e. The molecule has 0 saturated carbocycles. The molecule has 0 bridgehead atoms. The van der Waals surface area contributed by atoms with Crippen molar-refractivity contribution < 1.29 is 23.4 Å². The number of aromatic nitrogens is 2. The van der Waals surface area contributed by atoms with Crippen LogP contribution in [0.5, 0.6) is 0 Å². The highest BCUT2D eigenvalue weighted by molar-refractivity contribution is 6.30. The molecule has 1 aromatic heterocycles. The highest BCUT2D eigenvalue weighted by Gasteiger charge is 2.17. The zero-order valence-electron chi connectivity index (χ0n) is 16.0. The van der Waals surface area contributed by atoms with Gasteiger partial charge >= 0.3 is 5.97 Å². The van der Waals surface area contributed by atoms with Crippen molar-refractivity contribution in [3.63, 3.8) is 0 Å². The van der Waals surface area contributed by atoms with Gasteiger partial charge in [0.05, 0.1) is 17.3 Å². The molecule has 9 heteroatoms. The molecule has 156 valence electrons. The van der Waals surface area contributed by atoms with Crippen LogP contribution in [0.15, 0.2) is 48.5 Å². The minimum atomic E-state index is -1.05. The van der Waals surface area contributed by atoms with Gasteiger partial charge in [-0.2, -0.15) is 0 Å². The topological polar surface area (TPSA) is 75.5 Å². The number of rotatable bonds is 8. The number of methoxy groups -OCH3 is 1. The summed E-state index contributed by atoms with van der Waals surface area (Å²) >= 11 is 5.77. The van der Waals surface area contributed by atoms with E-state index >= 15 is 0 Å². The van der Waals surface area contributed by atoms with Crippen LogP contribution in [0.4, 0.5) is 14.6 Å². The molecule has 0 unspecified atom stereocenters. The smallest absolute Gasteiger partial charge is 0.323 e. The normalized spacial score (nSPS) is 10.8. The molecule has 0 aliphatic heterocycles. The Morgan fingerprint density at radius 3 is 2.43 bits per heavy atom. The van der Waals surface area contributed by atoms with Crippen LogP contribution in [0.25, 0.3) is 22.6 Å². The van der Waals surface area contributed by atoms with Gasteiger partial charge in [-0.05, 0) is 42.5 Å². The first-order chi connectivity index (χ1) is 14.4. The van der Waals surface area contributed by atoms with E-state index in [1.165, 1.54) is 36.3 Å². The molecule has 0 fully saturated rings. The molecule has 0 atom stereocenters. The molecule has 0 aliphatic carbocycles. The number of carbonyl (C=O) groups is 1. The number of anilines is 1. The van der Waals surface area contributed by atoms with E-state index in [1.807, 2.05) is 0 Å². The van der Waals surface area contributed by atoms with Crippen LogP contribution in [0.1, 0.15) is 0 Å². The SMILES string of the molecule is COCCN(CC(=O)O)c1cc(-c2ccc(F)cc2)nc(-c2ccc(Cl)c(F)c2)n1. The summed E-state index contributed by atoms with van der Waals surface area (Å²) in [6, 6.07) is 11.4. The van der Waals surface area contributed by atoms with E-state index in [9.17, 15) is 18.7 Å². The molecule has 0 amide bonds. The first-order valence-corrected chi connectivity index (χ1v) is 9.31. The highest BCUT2D eigenvalue weighted by Crippen LogP contribution is 2.28. The van der Waals surface area contributed by atoms with E-state index in [1.54, 1.807) is 24.3 Å². The van der Waals surface area contributed by atoms with E-state index in [2.05, 4.69) is 9.97 Å². The maximum absolute atomic E-state index is 14.0. The third-order valence-corrected chi connectivity index (χ3v) is 4.55. The Kier molecular flexibility index (Phi) is 6.91. The molecular weight excluding hydrogens is 416 g/mol. The van der Waals surface area contributed by atoms with Gasteiger partial charge in [0.25, 0.3) is 0 Å². The van der Waals surface area contributed by atoms with Gasteiger partial charge in [-0.1, -0.05) is 11.6 Å². The van der Waals surface area contributed by atoms with Gasteiger partial charge in [-0.25, -0.2) is 18.7 Å². The fourth-order valence-corrected chi connectivity index (χ4v) is 2.89. The number of ether oxygens (including phenoxy) is 1. The monoisotopic (exact) mass is 433 g/mol. The first-order valence-electron chi connectivity index (χ1n) is 8.93. The van der Waals surface area contributed by atoms with Gasteiger partial charge in [0, 0.05) is 30.8 Å². The molecule has 6 nitrogen and oxygen atoms in total. The third kappa shape index (κ3) is 5.28. The number of benzene rings is 2. The van der Waals surface area contributed by atoms with Gasteiger partial charge in [0.2, 0.25) is 0 Å². The number of hydrogen-bond acceptors (Lipinski definition) is 5. The van der Waals surface area contributed by atoms with Gasteiger partial charge in [0.15, 0.2) is 5.82 Å². The van der Waals surface area contributed by atoms with Gasteiger partial charge in [0.1, 0.15) is 24.0 Å². The van der Waals surface area contributed by atoms with Crippen molar-refractivity contribution in [3.8, 4) is 22.6 Å². The molecule has 3 rings (SSSR count). The summed E-state index contributed by atoms with van der Waals surface area (Å²) in [5.74, 6) is -1.59. The van der Waals surface area contributed by atoms with Crippen LogP contribution in [-0.4, -0.2) is 47.8 Å². The van der Waals surface area contributed by atoms with Crippen molar-refractivity contribution in [1.29, 1.82) is 0 Å². The number of aliphatic carboxylic acids is 1. The molecule has 2 aromatic carbocycles. The summed E-state index contributed by atoms with van der Waals surface area (Å²) < 4.78 is 32.4.